The van der Waals surface area contributed by atoms with Crippen molar-refractivity contribution in [3.05, 3.63) is 65.7 Å². The zero-order valence-corrected chi connectivity index (χ0v) is 28.2. The minimum Gasteiger partial charge on any atom is -0.344 e. The number of carbonyl (C=O) groups is 4. The quantitative estimate of drug-likeness (QED) is 0.135. The van der Waals surface area contributed by atoms with Gasteiger partial charge < -0.3 is 16.0 Å². The molecule has 12 heteroatoms. The van der Waals surface area contributed by atoms with Gasteiger partial charge in [0.15, 0.2) is 9.84 Å². The van der Waals surface area contributed by atoms with E-state index in [0.29, 0.717) is 17.2 Å². The van der Waals surface area contributed by atoms with Crippen LogP contribution in [0.25, 0.3) is 0 Å². The lowest BCUT2D eigenvalue weighted by Crippen LogP contribution is -2.57. The highest BCUT2D eigenvalue weighted by Crippen LogP contribution is 2.39. The molecule has 3 amide bonds. The van der Waals surface area contributed by atoms with Crippen LogP contribution in [0.3, 0.4) is 0 Å². The highest BCUT2D eigenvalue weighted by atomic mass is 33.1. The molecule has 2 aromatic carbocycles. The van der Waals surface area contributed by atoms with Crippen molar-refractivity contribution in [2.75, 3.05) is 11.6 Å². The van der Waals surface area contributed by atoms with Crippen LogP contribution in [0.5, 0.6) is 0 Å². The Kier molecular flexibility index (Phi) is 13.8. The normalized spacial score (nSPS) is 17.0. The van der Waals surface area contributed by atoms with Crippen LogP contribution in [0.1, 0.15) is 69.9 Å². The van der Waals surface area contributed by atoms with Gasteiger partial charge in [-0.05, 0) is 49.8 Å². The zero-order valence-electron chi connectivity index (χ0n) is 25.7. The van der Waals surface area contributed by atoms with Crippen molar-refractivity contribution in [2.45, 2.75) is 87.9 Å². The van der Waals surface area contributed by atoms with Gasteiger partial charge in [0, 0.05) is 23.3 Å². The van der Waals surface area contributed by atoms with Crippen molar-refractivity contribution in [3.63, 3.8) is 0 Å². The summed E-state index contributed by atoms with van der Waals surface area (Å²) in [6.45, 7) is 7.11. The Morgan fingerprint density at radius 3 is 2.20 bits per heavy atom. The van der Waals surface area contributed by atoms with Gasteiger partial charge in [-0.1, -0.05) is 96.8 Å². The van der Waals surface area contributed by atoms with Crippen LogP contribution >= 0.6 is 21.6 Å². The third kappa shape index (κ3) is 10.7. The highest BCUT2D eigenvalue weighted by molar-refractivity contribution is 8.77. The van der Waals surface area contributed by atoms with Gasteiger partial charge >= 0.3 is 0 Å². The van der Waals surface area contributed by atoms with E-state index in [9.17, 15) is 27.6 Å². The molecule has 3 rings (SSSR count). The summed E-state index contributed by atoms with van der Waals surface area (Å²) in [4.78, 5) is 52.8. The van der Waals surface area contributed by atoms with E-state index >= 15 is 0 Å². The minimum atomic E-state index is -3.90. The number of Topliss-reactive ketones (excluding diaryl/α,β-unsaturated/α-hetero) is 1. The molecular weight excluding hydrogens is 619 g/mol. The lowest BCUT2D eigenvalue weighted by molar-refractivity contribution is -0.140. The first-order valence-electron chi connectivity index (χ1n) is 14.9. The first-order valence-corrected chi connectivity index (χ1v) is 19.0. The molecule has 0 bridgehead atoms. The number of hydrogen-bond donors (Lipinski definition) is 3. The molecular formula is C32H43N3O6S3. The van der Waals surface area contributed by atoms with Gasteiger partial charge in [0.05, 0.1) is 4.90 Å². The van der Waals surface area contributed by atoms with Crippen molar-refractivity contribution < 1.29 is 27.6 Å². The van der Waals surface area contributed by atoms with E-state index in [1.165, 1.54) is 24.3 Å². The number of ketones is 1. The maximum Gasteiger partial charge on any atom is 0.290 e. The maximum absolute atomic E-state index is 13.5. The molecule has 1 fully saturated rings. The Morgan fingerprint density at radius 2 is 1.59 bits per heavy atom. The van der Waals surface area contributed by atoms with E-state index in [0.717, 1.165) is 24.8 Å². The van der Waals surface area contributed by atoms with Crippen LogP contribution < -0.4 is 16.0 Å². The zero-order chi connectivity index (χ0) is 32.3. The van der Waals surface area contributed by atoms with Gasteiger partial charge in [0.25, 0.3) is 5.91 Å². The number of carbonyl (C=O) groups excluding carboxylic acids is 4. The van der Waals surface area contributed by atoms with Crippen molar-refractivity contribution >= 4 is 54.9 Å². The smallest absolute Gasteiger partial charge is 0.290 e. The van der Waals surface area contributed by atoms with Crippen LogP contribution in [-0.2, 0) is 29.0 Å². The number of benzene rings is 2. The van der Waals surface area contributed by atoms with Crippen LogP contribution in [0.2, 0.25) is 0 Å². The Morgan fingerprint density at radius 1 is 0.909 bits per heavy atom. The Balaban J connectivity index is 1.68. The number of unbranched alkanes of at least 4 members (excludes halogenated alkanes) is 1. The predicted molar refractivity (Wildman–Crippen MR) is 177 cm³/mol. The number of amides is 3. The van der Waals surface area contributed by atoms with Crippen LogP contribution in [-0.4, -0.2) is 60.9 Å². The molecule has 1 heterocycles. The average Bonchev–Trinajstić information content (AvgIpc) is 3.53. The van der Waals surface area contributed by atoms with Gasteiger partial charge in [-0.2, -0.15) is 0 Å². The summed E-state index contributed by atoms with van der Waals surface area (Å²) in [6.07, 6.45) is 4.21. The van der Waals surface area contributed by atoms with Gasteiger partial charge in [0.1, 0.15) is 18.0 Å². The third-order valence-corrected chi connectivity index (χ3v) is 12.1. The van der Waals surface area contributed by atoms with E-state index < -0.39 is 51.3 Å². The summed E-state index contributed by atoms with van der Waals surface area (Å²) in [5.74, 6) is -3.46. The van der Waals surface area contributed by atoms with Crippen LogP contribution in [0.4, 0.5) is 0 Å². The highest BCUT2D eigenvalue weighted by Gasteiger charge is 2.35. The lowest BCUT2D eigenvalue weighted by atomic mass is 9.89. The number of aryl methyl sites for hydroxylation is 1. The molecule has 1 aliphatic heterocycles. The summed E-state index contributed by atoms with van der Waals surface area (Å²) in [6, 6.07) is 12.9. The molecule has 44 heavy (non-hydrogen) atoms. The fraction of sp³-hybridized carbons (Fsp3) is 0.500. The summed E-state index contributed by atoms with van der Waals surface area (Å²) in [5.41, 5.74) is 1.58. The SMILES string of the molecule is Cc1ccc(S(=O)(=O)CNC(=O)C(=O)[C@@H](NC(=O)[C@@H](NC(=O)CCCCC2CCSS2)C(C)C)C(C)c2ccccc2)cc1. The summed E-state index contributed by atoms with van der Waals surface area (Å²) in [5, 5.41) is 8.38. The van der Waals surface area contributed by atoms with E-state index in [4.69, 9.17) is 0 Å². The van der Waals surface area contributed by atoms with Crippen molar-refractivity contribution in [2.24, 2.45) is 5.92 Å². The largest absolute Gasteiger partial charge is 0.344 e. The van der Waals surface area contributed by atoms with Gasteiger partial charge in [-0.15, -0.1) is 0 Å². The lowest BCUT2D eigenvalue weighted by Gasteiger charge is -2.28. The number of rotatable bonds is 16. The number of sulfone groups is 1. The van der Waals surface area contributed by atoms with Gasteiger partial charge in [-0.25, -0.2) is 8.42 Å². The van der Waals surface area contributed by atoms with E-state index in [1.54, 1.807) is 57.2 Å². The minimum absolute atomic E-state index is 0.0188. The first-order chi connectivity index (χ1) is 20.9. The standard InChI is InChI=1S/C32H43N3O6S3/c1-21(2)28(34-27(36)13-9-8-12-25-18-19-42-43-25)31(38)35-29(23(4)24-10-6-5-7-11-24)30(37)32(39)33-20-44(40,41)26-16-14-22(3)15-17-26/h5-7,10-11,14-17,21,23,25,28-29H,8-9,12-13,18-20H2,1-4H3,(H,33,39)(H,34,36)(H,35,38)/t23?,25?,28-,29-/m0/s1. The predicted octanol–water partition coefficient (Wildman–Crippen LogP) is 4.55. The Labute approximate surface area is 268 Å². The van der Waals surface area contributed by atoms with Crippen LogP contribution in [0, 0.1) is 12.8 Å². The molecule has 0 aromatic heterocycles. The first kappa shape index (κ1) is 35.6. The fourth-order valence-corrected chi connectivity index (χ4v) is 8.90. The molecule has 0 saturated carbocycles. The van der Waals surface area contributed by atoms with Gasteiger partial charge in [0.2, 0.25) is 17.6 Å². The second-order valence-electron chi connectivity index (χ2n) is 11.5. The topological polar surface area (TPSA) is 139 Å². The molecule has 2 aromatic rings. The monoisotopic (exact) mass is 661 g/mol. The molecule has 3 N–H and O–H groups in total. The Bertz CT molecular complexity index is 1380. The van der Waals surface area contributed by atoms with E-state index in [2.05, 4.69) is 16.0 Å². The maximum atomic E-state index is 13.5. The van der Waals surface area contributed by atoms with E-state index in [1.807, 2.05) is 34.6 Å². The molecule has 0 radical (unpaired) electrons. The molecule has 0 spiro atoms. The molecule has 1 saturated heterocycles. The fourth-order valence-electron chi connectivity index (χ4n) is 4.83. The van der Waals surface area contributed by atoms with Crippen molar-refractivity contribution in [1.82, 2.24) is 16.0 Å². The molecule has 9 nitrogen and oxygen atoms in total. The van der Waals surface area contributed by atoms with Crippen molar-refractivity contribution in [1.29, 1.82) is 0 Å². The number of nitrogens with one attached hydrogen (secondary N) is 3. The summed E-state index contributed by atoms with van der Waals surface area (Å²) in [7, 11) is -0.0995. The summed E-state index contributed by atoms with van der Waals surface area (Å²) < 4.78 is 25.5. The molecule has 2 unspecified atom stereocenters. The molecule has 1 aliphatic rings. The second-order valence-corrected chi connectivity index (χ2v) is 16.3. The Hall–Kier alpha value is -2.83. The number of hydrogen-bond acceptors (Lipinski definition) is 8. The average molecular weight is 662 g/mol. The third-order valence-electron chi connectivity index (χ3n) is 7.61. The van der Waals surface area contributed by atoms with E-state index in [-0.39, 0.29) is 16.7 Å². The molecule has 240 valence electrons. The second kappa shape index (κ2) is 17.0. The van der Waals surface area contributed by atoms with Crippen molar-refractivity contribution in [3.8, 4) is 0 Å². The molecule has 4 atom stereocenters. The van der Waals surface area contributed by atoms with Crippen LogP contribution in [0.15, 0.2) is 59.5 Å². The van der Waals surface area contributed by atoms with Gasteiger partial charge in [-0.3, -0.25) is 19.2 Å². The summed E-state index contributed by atoms with van der Waals surface area (Å²) >= 11 is 0. The molecule has 0 aliphatic carbocycles.